The minimum absolute atomic E-state index is 0.101. The first-order chi connectivity index (χ1) is 15.7. The standard InChI is InChI=1S/C21H17ClF3N5O2S/c1-11-17(21(11,24)25)29-19(31)16(13-6-26-9-27-7-13)30(20(32)18(22)23)14-4-2-12(3-5-14)15-8-28-10-33-15/h2-11,16-18H,1H3,(H,29,31)/t11-,16+,17-,18-/m0/s1. The van der Waals surface area contributed by atoms with E-state index in [1.54, 1.807) is 23.8 Å². The van der Waals surface area contributed by atoms with Gasteiger partial charge in [0.25, 0.3) is 17.5 Å². The third kappa shape index (κ3) is 4.55. The molecule has 2 aromatic heterocycles. The van der Waals surface area contributed by atoms with E-state index in [4.69, 9.17) is 11.6 Å². The largest absolute Gasteiger partial charge is 0.345 e. The molecule has 1 aromatic carbocycles. The van der Waals surface area contributed by atoms with Crippen molar-refractivity contribution in [3.05, 3.63) is 60.3 Å². The number of anilines is 1. The summed E-state index contributed by atoms with van der Waals surface area (Å²) >= 11 is 6.86. The maximum atomic E-state index is 14.0. The van der Waals surface area contributed by atoms with E-state index in [9.17, 15) is 22.8 Å². The number of nitrogens with zero attached hydrogens (tertiary/aromatic N) is 4. The Kier molecular flexibility index (Phi) is 6.35. The van der Waals surface area contributed by atoms with Crippen LogP contribution in [0.1, 0.15) is 18.5 Å². The lowest BCUT2D eigenvalue weighted by atomic mass is 10.1. The lowest BCUT2D eigenvalue weighted by Crippen LogP contribution is -2.47. The molecule has 1 aliphatic carbocycles. The number of hydrogen-bond donors (Lipinski definition) is 1. The number of halogens is 4. The molecular weight excluding hydrogens is 479 g/mol. The van der Waals surface area contributed by atoms with Crippen molar-refractivity contribution >= 4 is 40.4 Å². The number of carbonyl (C=O) groups excluding carboxylic acids is 2. The van der Waals surface area contributed by atoms with Gasteiger partial charge in [-0.3, -0.25) is 19.5 Å². The Hall–Kier alpha value is -3.05. The van der Waals surface area contributed by atoms with E-state index >= 15 is 0 Å². The molecule has 172 valence electrons. The summed E-state index contributed by atoms with van der Waals surface area (Å²) in [6.45, 7) is 1.29. The van der Waals surface area contributed by atoms with Crippen molar-refractivity contribution < 1.29 is 22.8 Å². The highest BCUT2D eigenvalue weighted by atomic mass is 35.5. The molecule has 1 aliphatic rings. The molecule has 0 bridgehead atoms. The zero-order valence-corrected chi connectivity index (χ0v) is 18.6. The SMILES string of the molecule is C[C@H]1[C@H](NC(=O)[C@@H](c2cncnc2)N(C(=O)[C@H](F)Cl)c2ccc(-c3cncs3)cc2)C1(F)F. The third-order valence-corrected chi connectivity index (χ3v) is 6.41. The Labute approximate surface area is 195 Å². The minimum Gasteiger partial charge on any atom is -0.345 e. The van der Waals surface area contributed by atoms with Crippen LogP contribution in [0.4, 0.5) is 18.9 Å². The number of hydrogen-bond acceptors (Lipinski definition) is 6. The predicted octanol–water partition coefficient (Wildman–Crippen LogP) is 3.98. The van der Waals surface area contributed by atoms with Gasteiger partial charge < -0.3 is 5.32 Å². The average Bonchev–Trinajstić information content (AvgIpc) is 3.19. The number of carbonyl (C=O) groups is 2. The maximum absolute atomic E-state index is 14.0. The minimum atomic E-state index is -3.08. The molecule has 3 aromatic rings. The zero-order chi connectivity index (χ0) is 23.8. The lowest BCUT2D eigenvalue weighted by molar-refractivity contribution is -0.128. The zero-order valence-electron chi connectivity index (χ0n) is 17.0. The fraction of sp³-hybridized carbons (Fsp3) is 0.286. The average molecular weight is 496 g/mol. The van der Waals surface area contributed by atoms with Gasteiger partial charge in [-0.25, -0.2) is 23.1 Å². The van der Waals surface area contributed by atoms with Gasteiger partial charge in [-0.15, -0.1) is 11.3 Å². The molecule has 12 heteroatoms. The van der Waals surface area contributed by atoms with Crippen molar-refractivity contribution in [3.63, 3.8) is 0 Å². The van der Waals surface area contributed by atoms with Crippen LogP contribution in [-0.4, -0.2) is 44.4 Å². The van der Waals surface area contributed by atoms with Gasteiger partial charge >= 0.3 is 0 Å². The second-order valence-corrected chi connectivity index (χ2v) is 8.71. The van der Waals surface area contributed by atoms with Crippen molar-refractivity contribution in [3.8, 4) is 10.4 Å². The molecule has 7 nitrogen and oxygen atoms in total. The Balaban J connectivity index is 1.74. The first-order valence-corrected chi connectivity index (χ1v) is 11.1. The van der Waals surface area contributed by atoms with E-state index in [1.807, 2.05) is 0 Å². The molecule has 2 heterocycles. The predicted molar refractivity (Wildman–Crippen MR) is 117 cm³/mol. The molecule has 4 atom stereocenters. The number of alkyl halides is 4. The highest BCUT2D eigenvalue weighted by Gasteiger charge is 2.66. The summed E-state index contributed by atoms with van der Waals surface area (Å²) in [5.74, 6) is -6.31. The number of rotatable bonds is 7. The van der Waals surface area contributed by atoms with E-state index in [-0.39, 0.29) is 11.3 Å². The van der Waals surface area contributed by atoms with Gasteiger partial charge in [-0.1, -0.05) is 30.7 Å². The smallest absolute Gasteiger partial charge is 0.278 e. The van der Waals surface area contributed by atoms with Crippen LogP contribution in [0.15, 0.2) is 54.7 Å². The molecule has 0 spiro atoms. The van der Waals surface area contributed by atoms with E-state index in [0.717, 1.165) is 15.3 Å². The van der Waals surface area contributed by atoms with Gasteiger partial charge in [0.1, 0.15) is 18.4 Å². The molecule has 1 saturated carbocycles. The number of thiazole rings is 1. The van der Waals surface area contributed by atoms with E-state index in [0.29, 0.717) is 0 Å². The van der Waals surface area contributed by atoms with Gasteiger partial charge in [0, 0.05) is 35.8 Å². The molecule has 1 N–H and O–H groups in total. The molecule has 1 fully saturated rings. The summed E-state index contributed by atoms with van der Waals surface area (Å²) in [6.07, 6.45) is 5.36. The van der Waals surface area contributed by atoms with Crippen molar-refractivity contribution in [2.24, 2.45) is 5.92 Å². The second kappa shape index (κ2) is 9.06. The normalized spacial score (nSPS) is 20.5. The number of amides is 2. The first kappa shape index (κ1) is 23.1. The summed E-state index contributed by atoms with van der Waals surface area (Å²) in [6, 6.07) is 3.40. The molecule has 0 aliphatic heterocycles. The van der Waals surface area contributed by atoms with Crippen LogP contribution in [0.3, 0.4) is 0 Å². The van der Waals surface area contributed by atoms with Gasteiger partial charge in [0.15, 0.2) is 0 Å². The molecule has 0 saturated heterocycles. The maximum Gasteiger partial charge on any atom is 0.278 e. The molecule has 2 amide bonds. The molecule has 4 rings (SSSR count). The monoisotopic (exact) mass is 495 g/mol. The molecular formula is C21H17ClF3N5O2S. The summed E-state index contributed by atoms with van der Waals surface area (Å²) in [7, 11) is 0. The summed E-state index contributed by atoms with van der Waals surface area (Å²) in [5.41, 5.74) is 0.198. The molecule has 0 radical (unpaired) electrons. The van der Waals surface area contributed by atoms with Crippen molar-refractivity contribution in [1.82, 2.24) is 20.3 Å². The van der Waals surface area contributed by atoms with Gasteiger partial charge in [-0.2, -0.15) is 0 Å². The fourth-order valence-corrected chi connectivity index (χ4v) is 4.19. The van der Waals surface area contributed by atoms with Gasteiger partial charge in [0.05, 0.1) is 10.4 Å². The topological polar surface area (TPSA) is 88.1 Å². The van der Waals surface area contributed by atoms with E-state index in [1.165, 1.54) is 49.1 Å². The van der Waals surface area contributed by atoms with Gasteiger partial charge in [0.2, 0.25) is 5.91 Å². The van der Waals surface area contributed by atoms with Crippen LogP contribution in [0.25, 0.3) is 10.4 Å². The third-order valence-electron chi connectivity index (χ3n) is 5.40. The van der Waals surface area contributed by atoms with Crippen molar-refractivity contribution in [2.75, 3.05) is 4.90 Å². The Morgan fingerprint density at radius 1 is 1.15 bits per heavy atom. The van der Waals surface area contributed by atoms with Crippen molar-refractivity contribution in [2.45, 2.75) is 30.6 Å². The number of aromatic nitrogens is 3. The van der Waals surface area contributed by atoms with Crippen LogP contribution in [0.2, 0.25) is 0 Å². The van der Waals surface area contributed by atoms with E-state index in [2.05, 4.69) is 20.3 Å². The Bertz CT molecular complexity index is 1130. The van der Waals surface area contributed by atoms with Crippen LogP contribution in [0.5, 0.6) is 0 Å². The van der Waals surface area contributed by atoms with Crippen LogP contribution >= 0.6 is 22.9 Å². The molecule has 33 heavy (non-hydrogen) atoms. The summed E-state index contributed by atoms with van der Waals surface area (Å²) in [4.78, 5) is 39.4. The fourth-order valence-electron chi connectivity index (χ4n) is 3.46. The lowest BCUT2D eigenvalue weighted by Gasteiger charge is -2.31. The van der Waals surface area contributed by atoms with Crippen LogP contribution < -0.4 is 10.2 Å². The Morgan fingerprint density at radius 3 is 2.30 bits per heavy atom. The first-order valence-electron chi connectivity index (χ1n) is 9.75. The molecule has 0 unspecified atom stereocenters. The number of benzene rings is 1. The second-order valence-electron chi connectivity index (χ2n) is 7.45. The highest BCUT2D eigenvalue weighted by molar-refractivity contribution is 7.13. The highest BCUT2D eigenvalue weighted by Crippen LogP contribution is 2.48. The van der Waals surface area contributed by atoms with Crippen molar-refractivity contribution in [1.29, 1.82) is 0 Å². The number of nitrogens with one attached hydrogen (secondary N) is 1. The Morgan fingerprint density at radius 2 is 1.79 bits per heavy atom. The summed E-state index contributed by atoms with van der Waals surface area (Å²) in [5, 5.41) is 2.26. The summed E-state index contributed by atoms with van der Waals surface area (Å²) < 4.78 is 41.6. The van der Waals surface area contributed by atoms with E-state index < -0.39 is 41.4 Å². The van der Waals surface area contributed by atoms with Crippen LogP contribution in [0, 0.1) is 5.92 Å². The van der Waals surface area contributed by atoms with Gasteiger partial charge in [-0.05, 0) is 17.7 Å². The van der Waals surface area contributed by atoms with Crippen LogP contribution in [-0.2, 0) is 9.59 Å². The quantitative estimate of drug-likeness (QED) is 0.501.